The SMILES string of the molecule is O=C(CSCCC(NC(=O)OCC1c2ccccc2-c2ccccc21)C(=O)O)NCc1ccco1. The monoisotopic (exact) mass is 494 g/mol. The quantitative estimate of drug-likeness (QED) is 0.345. The van der Waals surface area contributed by atoms with Gasteiger partial charge in [-0.05, 0) is 46.6 Å². The molecule has 9 heteroatoms. The molecule has 2 amide bonds. The lowest BCUT2D eigenvalue weighted by Crippen LogP contribution is -2.41. The summed E-state index contributed by atoms with van der Waals surface area (Å²) in [6, 6.07) is 18.4. The van der Waals surface area contributed by atoms with Gasteiger partial charge in [-0.25, -0.2) is 9.59 Å². The van der Waals surface area contributed by atoms with Crippen molar-refractivity contribution in [3.8, 4) is 11.1 Å². The van der Waals surface area contributed by atoms with E-state index in [1.54, 1.807) is 12.1 Å². The summed E-state index contributed by atoms with van der Waals surface area (Å²) in [4.78, 5) is 35.9. The van der Waals surface area contributed by atoms with Crippen LogP contribution < -0.4 is 10.6 Å². The van der Waals surface area contributed by atoms with Crippen LogP contribution >= 0.6 is 11.8 Å². The summed E-state index contributed by atoms with van der Waals surface area (Å²) in [6.07, 6.45) is 0.919. The Labute approximate surface area is 207 Å². The van der Waals surface area contributed by atoms with E-state index in [0.29, 0.717) is 18.1 Å². The van der Waals surface area contributed by atoms with E-state index >= 15 is 0 Å². The Balaban J connectivity index is 1.22. The highest BCUT2D eigenvalue weighted by Gasteiger charge is 2.29. The van der Waals surface area contributed by atoms with Crippen LogP contribution in [-0.4, -0.2) is 47.2 Å². The number of carbonyl (C=O) groups excluding carboxylic acids is 2. The number of amides is 2. The van der Waals surface area contributed by atoms with E-state index in [2.05, 4.69) is 10.6 Å². The minimum Gasteiger partial charge on any atom is -0.480 e. The zero-order valence-corrected chi connectivity index (χ0v) is 19.8. The van der Waals surface area contributed by atoms with E-state index < -0.39 is 18.1 Å². The fraction of sp³-hybridized carbons (Fsp3) is 0.269. The van der Waals surface area contributed by atoms with Gasteiger partial charge in [0.1, 0.15) is 18.4 Å². The molecule has 4 rings (SSSR count). The second-order valence-corrected chi connectivity index (χ2v) is 9.16. The number of hydrogen-bond acceptors (Lipinski definition) is 6. The molecule has 0 radical (unpaired) electrons. The van der Waals surface area contributed by atoms with E-state index in [-0.39, 0.29) is 30.6 Å². The first kappa shape index (κ1) is 24.4. The number of ether oxygens (including phenoxy) is 1. The first-order valence-corrected chi connectivity index (χ1v) is 12.4. The van der Waals surface area contributed by atoms with Crippen LogP contribution in [0.25, 0.3) is 11.1 Å². The molecule has 1 atom stereocenters. The molecule has 0 spiro atoms. The summed E-state index contributed by atoms with van der Waals surface area (Å²) in [7, 11) is 0. The van der Waals surface area contributed by atoms with Gasteiger partial charge in [0.2, 0.25) is 5.91 Å². The number of aliphatic carboxylic acids is 1. The molecule has 1 unspecified atom stereocenters. The van der Waals surface area contributed by atoms with Crippen LogP contribution in [-0.2, 0) is 20.9 Å². The molecule has 0 aliphatic heterocycles. The maximum atomic E-state index is 12.4. The second kappa shape index (κ2) is 11.6. The van der Waals surface area contributed by atoms with Crippen LogP contribution in [0, 0.1) is 0 Å². The van der Waals surface area contributed by atoms with Gasteiger partial charge in [-0.15, -0.1) is 0 Å². The molecule has 0 saturated carbocycles. The van der Waals surface area contributed by atoms with Gasteiger partial charge in [0.05, 0.1) is 18.6 Å². The molecule has 1 aliphatic carbocycles. The third-order valence-electron chi connectivity index (χ3n) is 5.76. The Morgan fingerprint density at radius 2 is 1.69 bits per heavy atom. The van der Waals surface area contributed by atoms with Crippen molar-refractivity contribution in [3.63, 3.8) is 0 Å². The smallest absolute Gasteiger partial charge is 0.407 e. The summed E-state index contributed by atoms with van der Waals surface area (Å²) < 4.78 is 10.6. The highest BCUT2D eigenvalue weighted by Crippen LogP contribution is 2.44. The van der Waals surface area contributed by atoms with E-state index in [1.807, 2.05) is 48.5 Å². The number of carboxylic acids is 1. The average molecular weight is 495 g/mol. The van der Waals surface area contributed by atoms with Crippen molar-refractivity contribution in [2.45, 2.75) is 24.9 Å². The van der Waals surface area contributed by atoms with Crippen LogP contribution in [0.2, 0.25) is 0 Å². The zero-order valence-electron chi connectivity index (χ0n) is 18.9. The molecular weight excluding hydrogens is 468 g/mol. The van der Waals surface area contributed by atoms with Gasteiger partial charge in [0.15, 0.2) is 0 Å². The van der Waals surface area contributed by atoms with Gasteiger partial charge >= 0.3 is 12.1 Å². The van der Waals surface area contributed by atoms with Gasteiger partial charge in [0.25, 0.3) is 0 Å². The number of nitrogens with one attached hydrogen (secondary N) is 2. The van der Waals surface area contributed by atoms with Crippen molar-refractivity contribution < 1.29 is 28.6 Å². The Hall–Kier alpha value is -3.72. The number of hydrogen-bond donors (Lipinski definition) is 3. The van der Waals surface area contributed by atoms with Crippen molar-refractivity contribution in [2.75, 3.05) is 18.1 Å². The maximum Gasteiger partial charge on any atom is 0.407 e. The Morgan fingerprint density at radius 1 is 1.00 bits per heavy atom. The van der Waals surface area contributed by atoms with Gasteiger partial charge in [-0.1, -0.05) is 48.5 Å². The predicted molar refractivity (Wildman–Crippen MR) is 132 cm³/mol. The lowest BCUT2D eigenvalue weighted by Gasteiger charge is -2.17. The number of fused-ring (bicyclic) bond motifs is 3. The summed E-state index contributed by atoms with van der Waals surface area (Å²) in [5.74, 6) is -0.218. The van der Waals surface area contributed by atoms with Crippen LogP contribution in [0.1, 0.15) is 29.2 Å². The van der Waals surface area contributed by atoms with Gasteiger partial charge in [0, 0.05) is 5.92 Å². The molecule has 182 valence electrons. The summed E-state index contributed by atoms with van der Waals surface area (Å²) in [5, 5.41) is 14.7. The van der Waals surface area contributed by atoms with Crippen LogP contribution in [0.3, 0.4) is 0 Å². The van der Waals surface area contributed by atoms with Crippen molar-refractivity contribution in [1.82, 2.24) is 10.6 Å². The van der Waals surface area contributed by atoms with Crippen LogP contribution in [0.4, 0.5) is 4.79 Å². The lowest BCUT2D eigenvalue weighted by molar-refractivity contribution is -0.139. The minimum absolute atomic E-state index is 0.105. The van der Waals surface area contributed by atoms with Crippen LogP contribution in [0.15, 0.2) is 71.3 Å². The summed E-state index contributed by atoms with van der Waals surface area (Å²) >= 11 is 1.29. The van der Waals surface area contributed by atoms with E-state index in [4.69, 9.17) is 9.15 Å². The van der Waals surface area contributed by atoms with Crippen molar-refractivity contribution in [3.05, 3.63) is 83.8 Å². The number of carbonyl (C=O) groups is 3. The highest BCUT2D eigenvalue weighted by molar-refractivity contribution is 7.99. The van der Waals surface area contributed by atoms with Gasteiger partial charge < -0.3 is 24.9 Å². The number of rotatable bonds is 11. The molecule has 0 bridgehead atoms. The molecule has 3 aromatic rings. The molecule has 2 aromatic carbocycles. The normalized spacial score (nSPS) is 12.9. The van der Waals surface area contributed by atoms with Gasteiger partial charge in [-0.3, -0.25) is 4.79 Å². The van der Waals surface area contributed by atoms with E-state index in [9.17, 15) is 19.5 Å². The fourth-order valence-electron chi connectivity index (χ4n) is 4.06. The van der Waals surface area contributed by atoms with Crippen molar-refractivity contribution in [1.29, 1.82) is 0 Å². The molecule has 3 N–H and O–H groups in total. The lowest BCUT2D eigenvalue weighted by atomic mass is 9.98. The molecule has 1 aliphatic rings. The van der Waals surface area contributed by atoms with Crippen molar-refractivity contribution >= 4 is 29.7 Å². The van der Waals surface area contributed by atoms with Gasteiger partial charge in [-0.2, -0.15) is 11.8 Å². The maximum absolute atomic E-state index is 12.4. The molecular formula is C26H26N2O6S. The Kier molecular flexibility index (Phi) is 8.10. The molecule has 1 heterocycles. The van der Waals surface area contributed by atoms with E-state index in [1.165, 1.54) is 18.0 Å². The topological polar surface area (TPSA) is 118 Å². The summed E-state index contributed by atoms with van der Waals surface area (Å²) in [5.41, 5.74) is 4.40. The third-order valence-corrected chi connectivity index (χ3v) is 6.75. The first-order valence-electron chi connectivity index (χ1n) is 11.2. The van der Waals surface area contributed by atoms with Crippen LogP contribution in [0.5, 0.6) is 0 Å². The second-order valence-electron chi connectivity index (χ2n) is 8.06. The average Bonchev–Trinajstić information content (AvgIpc) is 3.49. The largest absolute Gasteiger partial charge is 0.480 e. The highest BCUT2D eigenvalue weighted by atomic mass is 32.2. The number of thioether (sulfide) groups is 1. The standard InChI is InChI=1S/C26H26N2O6S/c29-24(27-14-17-6-5-12-33-17)16-35-13-11-23(25(30)31)28-26(32)34-15-22-20-9-3-1-7-18(20)19-8-2-4-10-21(19)22/h1-10,12,22-23H,11,13-16H2,(H,27,29)(H,28,32)(H,30,31). The zero-order chi connectivity index (χ0) is 24.6. The molecule has 8 nitrogen and oxygen atoms in total. The number of benzene rings is 2. The summed E-state index contributed by atoms with van der Waals surface area (Å²) in [6.45, 7) is 0.407. The predicted octanol–water partition coefficient (Wildman–Crippen LogP) is 4.01. The number of alkyl carbamates (subject to hydrolysis) is 1. The Morgan fingerprint density at radius 3 is 2.31 bits per heavy atom. The number of carboxylic acid groups (broad SMARTS) is 1. The molecule has 35 heavy (non-hydrogen) atoms. The van der Waals surface area contributed by atoms with Crippen molar-refractivity contribution in [2.24, 2.45) is 0 Å². The Bertz CT molecular complexity index is 1130. The molecule has 0 saturated heterocycles. The third kappa shape index (κ3) is 6.24. The number of furan rings is 1. The minimum atomic E-state index is -1.15. The molecule has 1 aromatic heterocycles. The molecule has 0 fully saturated rings. The fourth-order valence-corrected chi connectivity index (χ4v) is 4.89. The van der Waals surface area contributed by atoms with E-state index in [0.717, 1.165) is 22.3 Å². The first-order chi connectivity index (χ1) is 17.0.